The zero-order valence-electron chi connectivity index (χ0n) is 18.6. The van der Waals surface area contributed by atoms with Crippen molar-refractivity contribution >= 4 is 17.4 Å². The SMILES string of the molecule is Cc1c(-c2cccc(F)c2)cnc(N2CCCC(F)(F)CC2)c1C(=O)Nc1c[c-]ccc1.[NH2-].[Os]. The van der Waals surface area contributed by atoms with Crippen LogP contribution in [0.5, 0.6) is 0 Å². The van der Waals surface area contributed by atoms with Gasteiger partial charge in [0.05, 0.1) is 5.56 Å². The van der Waals surface area contributed by atoms with Gasteiger partial charge < -0.3 is 16.4 Å². The predicted molar refractivity (Wildman–Crippen MR) is 124 cm³/mol. The van der Waals surface area contributed by atoms with Gasteiger partial charge in [-0.05, 0) is 36.6 Å². The molecule has 0 saturated carbocycles. The molecule has 1 amide bonds. The minimum atomic E-state index is -2.73. The minimum Gasteiger partial charge on any atom is -0.693 e. The van der Waals surface area contributed by atoms with Gasteiger partial charge in [0.15, 0.2) is 0 Å². The van der Waals surface area contributed by atoms with Gasteiger partial charge >= 0.3 is 0 Å². The quantitative estimate of drug-likeness (QED) is 0.326. The molecule has 1 aliphatic rings. The molecule has 1 aromatic heterocycles. The molecule has 3 aromatic rings. The van der Waals surface area contributed by atoms with Crippen molar-refractivity contribution in [3.8, 4) is 11.1 Å². The number of hydrogen-bond donors (Lipinski definition) is 1. The number of alkyl halides is 2. The maximum absolute atomic E-state index is 13.9. The van der Waals surface area contributed by atoms with Crippen molar-refractivity contribution in [1.82, 2.24) is 4.98 Å². The zero-order valence-corrected chi connectivity index (χ0v) is 21.1. The topological polar surface area (TPSA) is 78.7 Å². The molecule has 3 N–H and O–H groups in total. The fourth-order valence-corrected chi connectivity index (χ4v) is 3.99. The van der Waals surface area contributed by atoms with Crippen LogP contribution in [-0.2, 0) is 19.8 Å². The molecule has 0 spiro atoms. The van der Waals surface area contributed by atoms with Crippen LogP contribution < -0.4 is 10.2 Å². The fraction of sp³-hybridized carbons (Fsp3) is 0.280. The molecule has 4 rings (SSSR count). The van der Waals surface area contributed by atoms with E-state index in [2.05, 4.69) is 16.4 Å². The maximum Gasteiger partial charge on any atom is 0.249 e. The second kappa shape index (κ2) is 11.6. The van der Waals surface area contributed by atoms with E-state index in [0.29, 0.717) is 46.7 Å². The number of rotatable bonds is 4. The van der Waals surface area contributed by atoms with Gasteiger partial charge in [-0.3, -0.25) is 4.79 Å². The molecule has 0 bridgehead atoms. The number of anilines is 2. The Morgan fingerprint density at radius 3 is 2.68 bits per heavy atom. The third kappa shape index (κ3) is 6.22. The number of pyridine rings is 1. The van der Waals surface area contributed by atoms with Gasteiger partial charge in [0.2, 0.25) is 11.8 Å². The number of nitrogens with zero attached hydrogens (tertiary/aromatic N) is 2. The standard InChI is InChI=1S/C25H23F3N3O.H2N.Os/c1-17-21(18-7-5-8-19(26)15-18)16-29-23(31-13-6-11-25(27,28)12-14-31)22(17)24(32)30-20-9-3-2-4-10-20;;/h2-3,5,7-10,15-16H,6,11-14H2,1H3,(H,30,32);1H2;/q2*-1;. The summed E-state index contributed by atoms with van der Waals surface area (Å²) in [6, 6.07) is 15.8. The summed E-state index contributed by atoms with van der Waals surface area (Å²) < 4.78 is 41.7. The van der Waals surface area contributed by atoms with E-state index in [4.69, 9.17) is 0 Å². The van der Waals surface area contributed by atoms with Gasteiger partial charge in [-0.2, -0.15) is 24.3 Å². The van der Waals surface area contributed by atoms with Gasteiger partial charge in [-0.25, -0.2) is 18.2 Å². The zero-order chi connectivity index (χ0) is 22.7. The largest absolute Gasteiger partial charge is 0.693 e. The number of halogens is 3. The number of carbonyl (C=O) groups excluding carboxylic acids is 1. The van der Waals surface area contributed by atoms with Crippen LogP contribution >= 0.6 is 0 Å². The third-order valence-electron chi connectivity index (χ3n) is 5.66. The van der Waals surface area contributed by atoms with E-state index in [1.54, 1.807) is 54.4 Å². The van der Waals surface area contributed by atoms with E-state index >= 15 is 0 Å². The van der Waals surface area contributed by atoms with Crippen LogP contribution in [0, 0.1) is 18.8 Å². The summed E-state index contributed by atoms with van der Waals surface area (Å²) in [4.78, 5) is 19.6. The molecule has 0 radical (unpaired) electrons. The monoisotopic (exact) mass is 646 g/mol. The Bertz CT molecular complexity index is 1130. The predicted octanol–water partition coefficient (Wildman–Crippen LogP) is 6.59. The molecule has 2 aromatic carbocycles. The Labute approximate surface area is 210 Å². The molecule has 0 unspecified atom stereocenters. The summed E-state index contributed by atoms with van der Waals surface area (Å²) in [6.45, 7) is 2.24. The van der Waals surface area contributed by atoms with Gasteiger partial charge in [-0.1, -0.05) is 17.8 Å². The van der Waals surface area contributed by atoms with Crippen LogP contribution in [0.25, 0.3) is 17.3 Å². The number of nitrogens with one attached hydrogen (secondary N) is 1. The van der Waals surface area contributed by atoms with Crippen LogP contribution in [0.2, 0.25) is 0 Å². The van der Waals surface area contributed by atoms with Crippen molar-refractivity contribution in [2.45, 2.75) is 32.1 Å². The van der Waals surface area contributed by atoms with E-state index in [-0.39, 0.29) is 45.3 Å². The number of nitrogens with two attached hydrogens (primary N) is 1. The van der Waals surface area contributed by atoms with E-state index in [9.17, 15) is 18.0 Å². The van der Waals surface area contributed by atoms with Crippen molar-refractivity contribution in [2.24, 2.45) is 0 Å². The molecular weight excluding hydrogens is 620 g/mol. The molecule has 0 atom stereocenters. The Balaban J connectivity index is 0.00000204. The molecule has 5 nitrogen and oxygen atoms in total. The van der Waals surface area contributed by atoms with Crippen LogP contribution in [0.15, 0.2) is 54.7 Å². The number of hydrogen-bond acceptors (Lipinski definition) is 3. The number of carbonyl (C=O) groups is 1. The van der Waals surface area contributed by atoms with E-state index < -0.39 is 17.6 Å². The molecular formula is C25H25F3N4OOs-2. The second-order valence-electron chi connectivity index (χ2n) is 7.95. The smallest absolute Gasteiger partial charge is 0.249 e. The van der Waals surface area contributed by atoms with Gasteiger partial charge in [0.1, 0.15) is 11.6 Å². The first-order valence-corrected chi connectivity index (χ1v) is 10.5. The maximum atomic E-state index is 13.9. The minimum absolute atomic E-state index is 0. The molecule has 0 aliphatic carbocycles. The summed E-state index contributed by atoms with van der Waals surface area (Å²) in [5.74, 6) is -3.17. The molecule has 2 heterocycles. The molecule has 34 heavy (non-hydrogen) atoms. The molecule has 1 fully saturated rings. The number of amides is 1. The van der Waals surface area contributed by atoms with Crippen molar-refractivity contribution in [1.29, 1.82) is 0 Å². The van der Waals surface area contributed by atoms with E-state index in [1.807, 2.05) is 0 Å². The molecule has 182 valence electrons. The van der Waals surface area contributed by atoms with Crippen LogP contribution in [0.3, 0.4) is 0 Å². The van der Waals surface area contributed by atoms with Gasteiger partial charge in [-0.15, -0.1) is 6.07 Å². The summed E-state index contributed by atoms with van der Waals surface area (Å²) in [6.07, 6.45) is 1.39. The van der Waals surface area contributed by atoms with Crippen LogP contribution in [0.1, 0.15) is 35.2 Å². The first-order chi connectivity index (χ1) is 15.3. The first-order valence-electron chi connectivity index (χ1n) is 10.5. The second-order valence-corrected chi connectivity index (χ2v) is 7.95. The first kappa shape index (κ1) is 27.5. The number of aromatic nitrogens is 1. The average Bonchev–Trinajstić information content (AvgIpc) is 2.94. The summed E-state index contributed by atoms with van der Waals surface area (Å²) in [5, 5.41) is 2.84. The van der Waals surface area contributed by atoms with Crippen LogP contribution in [-0.4, -0.2) is 29.9 Å². The Morgan fingerprint density at radius 1 is 1.18 bits per heavy atom. The normalized spacial score (nSPS) is 14.9. The van der Waals surface area contributed by atoms with Crippen molar-refractivity contribution in [3.05, 3.63) is 83.9 Å². The molecule has 1 aliphatic heterocycles. The summed E-state index contributed by atoms with van der Waals surface area (Å²) in [5.41, 5.74) is 2.65. The Kier molecular flexibility index (Phi) is 9.37. The third-order valence-corrected chi connectivity index (χ3v) is 5.66. The van der Waals surface area contributed by atoms with E-state index in [0.717, 1.165) is 0 Å². The Hall–Kier alpha value is -2.75. The fourth-order valence-electron chi connectivity index (χ4n) is 3.99. The van der Waals surface area contributed by atoms with Crippen molar-refractivity contribution in [3.63, 3.8) is 0 Å². The van der Waals surface area contributed by atoms with Gasteiger partial charge in [0.25, 0.3) is 0 Å². The van der Waals surface area contributed by atoms with Crippen LogP contribution in [0.4, 0.5) is 24.7 Å². The molecule has 1 saturated heterocycles. The van der Waals surface area contributed by atoms with Crippen molar-refractivity contribution in [2.75, 3.05) is 23.3 Å². The number of benzene rings is 2. The Morgan fingerprint density at radius 2 is 1.97 bits per heavy atom. The average molecular weight is 645 g/mol. The summed E-state index contributed by atoms with van der Waals surface area (Å²) >= 11 is 0. The van der Waals surface area contributed by atoms with Gasteiger partial charge in [0, 0.05) is 57.5 Å². The van der Waals surface area contributed by atoms with Crippen molar-refractivity contribution < 1.29 is 37.8 Å². The van der Waals surface area contributed by atoms with E-state index in [1.165, 1.54) is 12.1 Å². The summed E-state index contributed by atoms with van der Waals surface area (Å²) in [7, 11) is 0. The molecule has 9 heteroatoms.